The van der Waals surface area contributed by atoms with E-state index in [2.05, 4.69) is 19.9 Å². The Balaban J connectivity index is 1.46. The fraction of sp³-hybridized carbons (Fsp3) is 0.300. The van der Waals surface area contributed by atoms with Gasteiger partial charge in [-0.1, -0.05) is 0 Å². The van der Waals surface area contributed by atoms with Crippen molar-refractivity contribution in [2.45, 2.75) is 30.7 Å². The van der Waals surface area contributed by atoms with E-state index in [1.165, 1.54) is 18.5 Å². The molecule has 4 heterocycles. The minimum Gasteiger partial charge on any atom is -0.447 e. The van der Waals surface area contributed by atoms with Crippen molar-refractivity contribution in [3.63, 3.8) is 0 Å². The van der Waals surface area contributed by atoms with Crippen LogP contribution in [0.15, 0.2) is 46.0 Å². The third-order valence-corrected chi connectivity index (χ3v) is 5.85. The summed E-state index contributed by atoms with van der Waals surface area (Å²) in [6.45, 7) is 0.488. The van der Waals surface area contributed by atoms with E-state index in [1.54, 1.807) is 23.5 Å². The predicted molar refractivity (Wildman–Crippen MR) is 97.2 cm³/mol. The largest absolute Gasteiger partial charge is 0.447 e. The third-order valence-electron chi connectivity index (χ3n) is 5.85. The van der Waals surface area contributed by atoms with Gasteiger partial charge in [0.2, 0.25) is 11.8 Å². The first-order chi connectivity index (χ1) is 14.2. The number of aromatic amines is 1. The molecule has 1 aliphatic heterocycles. The van der Waals surface area contributed by atoms with E-state index < -0.39 is 17.3 Å². The van der Waals surface area contributed by atoms with Gasteiger partial charge in [0, 0.05) is 24.7 Å². The van der Waals surface area contributed by atoms with Gasteiger partial charge in [0.1, 0.15) is 22.5 Å². The van der Waals surface area contributed by atoms with Gasteiger partial charge in [-0.15, -0.1) is 0 Å². The Bertz CT molecular complexity index is 1220. The van der Waals surface area contributed by atoms with Gasteiger partial charge in [0.05, 0.1) is 18.2 Å². The Kier molecular flexibility index (Phi) is 3.27. The van der Waals surface area contributed by atoms with E-state index in [4.69, 9.17) is 8.83 Å². The standard InChI is InChI=1S/C20H16FN5O3/c21-11-1-2-14-13(7-11)25-18(29-14)17-16-12(23-9-24-16)3-6-26(17)19(27)20(4-5-20)15-8-22-10-28-15/h1-2,7-10,17H,3-6H2,(H,23,24)/t17-/m0/s1. The van der Waals surface area contributed by atoms with Gasteiger partial charge >= 0.3 is 0 Å². The van der Waals surface area contributed by atoms with Crippen LogP contribution in [0.25, 0.3) is 11.1 Å². The predicted octanol–water partition coefficient (Wildman–Crippen LogP) is 2.88. The first kappa shape index (κ1) is 16.5. The topological polar surface area (TPSA) is 101 Å². The highest BCUT2D eigenvalue weighted by atomic mass is 19.1. The van der Waals surface area contributed by atoms with E-state index >= 15 is 0 Å². The van der Waals surface area contributed by atoms with Crippen molar-refractivity contribution >= 4 is 17.0 Å². The molecule has 0 radical (unpaired) electrons. The maximum absolute atomic E-state index is 13.6. The number of rotatable bonds is 3. The normalized spacial score (nSPS) is 20.0. The molecule has 1 aliphatic carbocycles. The van der Waals surface area contributed by atoms with Crippen molar-refractivity contribution in [1.82, 2.24) is 24.8 Å². The molecule has 4 aromatic rings. The number of fused-ring (bicyclic) bond motifs is 2. The van der Waals surface area contributed by atoms with Gasteiger partial charge in [-0.05, 0) is 25.0 Å². The second kappa shape index (κ2) is 5.76. The van der Waals surface area contributed by atoms with Crippen molar-refractivity contribution in [1.29, 1.82) is 0 Å². The molecule has 1 saturated carbocycles. The second-order valence-corrected chi connectivity index (χ2v) is 7.53. The summed E-state index contributed by atoms with van der Waals surface area (Å²) in [5, 5.41) is 0. The molecule has 1 N–H and O–H groups in total. The average molecular weight is 393 g/mol. The van der Waals surface area contributed by atoms with Gasteiger partial charge in [-0.25, -0.2) is 19.3 Å². The number of benzene rings is 1. The maximum Gasteiger partial charge on any atom is 0.237 e. The summed E-state index contributed by atoms with van der Waals surface area (Å²) in [4.78, 5) is 31.4. The second-order valence-electron chi connectivity index (χ2n) is 7.53. The molecule has 0 spiro atoms. The number of aromatic nitrogens is 4. The number of nitrogens with one attached hydrogen (secondary N) is 1. The number of carbonyl (C=O) groups is 1. The fourth-order valence-electron chi connectivity index (χ4n) is 4.20. The van der Waals surface area contributed by atoms with Gasteiger partial charge in [0.25, 0.3) is 0 Å². The van der Waals surface area contributed by atoms with Gasteiger partial charge < -0.3 is 18.7 Å². The SMILES string of the molecule is O=C(N1CCc2[nH]cnc2[C@H]1c1nc2cc(F)ccc2o1)C1(c2cnco2)CC1. The molecule has 9 heteroatoms. The lowest BCUT2D eigenvalue weighted by molar-refractivity contribution is -0.137. The van der Waals surface area contributed by atoms with E-state index in [1.807, 2.05) is 0 Å². The van der Waals surface area contributed by atoms with E-state index in [9.17, 15) is 9.18 Å². The minimum atomic E-state index is -0.694. The van der Waals surface area contributed by atoms with Crippen LogP contribution < -0.4 is 0 Å². The molecule has 29 heavy (non-hydrogen) atoms. The molecule has 8 nitrogen and oxygen atoms in total. The molecule has 3 aromatic heterocycles. The summed E-state index contributed by atoms with van der Waals surface area (Å²) >= 11 is 0. The number of carbonyl (C=O) groups excluding carboxylic acids is 1. The van der Waals surface area contributed by atoms with Crippen LogP contribution in [-0.2, 0) is 16.6 Å². The number of amides is 1. The van der Waals surface area contributed by atoms with E-state index in [0.29, 0.717) is 54.3 Å². The van der Waals surface area contributed by atoms with Gasteiger partial charge in [-0.2, -0.15) is 0 Å². The highest BCUT2D eigenvalue weighted by Crippen LogP contribution is 2.51. The lowest BCUT2D eigenvalue weighted by atomic mass is 9.96. The number of H-pyrrole nitrogens is 1. The van der Waals surface area contributed by atoms with Crippen LogP contribution in [0.4, 0.5) is 4.39 Å². The molecule has 1 aromatic carbocycles. The molecule has 1 amide bonds. The van der Waals surface area contributed by atoms with Crippen LogP contribution in [0.2, 0.25) is 0 Å². The average Bonchev–Trinajstić information content (AvgIpc) is 3.13. The van der Waals surface area contributed by atoms with Crippen molar-refractivity contribution < 1.29 is 18.0 Å². The zero-order chi connectivity index (χ0) is 19.6. The Labute approximate surface area is 163 Å². The van der Waals surface area contributed by atoms with Crippen molar-refractivity contribution in [3.05, 3.63) is 66.0 Å². The molecule has 1 atom stereocenters. The maximum atomic E-state index is 13.6. The van der Waals surface area contributed by atoms with Crippen LogP contribution in [0.5, 0.6) is 0 Å². The van der Waals surface area contributed by atoms with E-state index in [-0.39, 0.29) is 5.91 Å². The number of hydrogen-bond acceptors (Lipinski definition) is 6. The smallest absolute Gasteiger partial charge is 0.237 e. The quantitative estimate of drug-likeness (QED) is 0.574. The highest BCUT2D eigenvalue weighted by molar-refractivity contribution is 5.91. The van der Waals surface area contributed by atoms with Crippen molar-refractivity contribution in [2.24, 2.45) is 0 Å². The van der Waals surface area contributed by atoms with E-state index in [0.717, 1.165) is 5.69 Å². The molecule has 0 bridgehead atoms. The monoisotopic (exact) mass is 393 g/mol. The Morgan fingerprint density at radius 3 is 3.03 bits per heavy atom. The fourth-order valence-corrected chi connectivity index (χ4v) is 4.20. The number of oxazole rings is 2. The Morgan fingerprint density at radius 2 is 2.24 bits per heavy atom. The number of halogens is 1. The van der Waals surface area contributed by atoms with Crippen LogP contribution >= 0.6 is 0 Å². The summed E-state index contributed by atoms with van der Waals surface area (Å²) in [5.74, 6) is 0.451. The summed E-state index contributed by atoms with van der Waals surface area (Å²) in [6, 6.07) is 3.59. The minimum absolute atomic E-state index is 0.0543. The summed E-state index contributed by atoms with van der Waals surface area (Å²) in [5.41, 5.74) is 1.82. The molecular formula is C20H16FN5O3. The van der Waals surface area contributed by atoms with Crippen molar-refractivity contribution in [2.75, 3.05) is 6.54 Å². The molecule has 146 valence electrons. The Morgan fingerprint density at radius 1 is 1.34 bits per heavy atom. The number of imidazole rings is 1. The number of nitrogens with zero attached hydrogens (tertiary/aromatic N) is 4. The first-order valence-electron chi connectivity index (χ1n) is 9.44. The molecule has 6 rings (SSSR count). The summed E-state index contributed by atoms with van der Waals surface area (Å²) < 4.78 is 25.0. The third kappa shape index (κ3) is 2.36. The lowest BCUT2D eigenvalue weighted by Gasteiger charge is -2.35. The van der Waals surface area contributed by atoms with Crippen LogP contribution in [-0.4, -0.2) is 37.3 Å². The molecule has 0 saturated heterocycles. The van der Waals surface area contributed by atoms with Gasteiger partial charge in [0.15, 0.2) is 18.0 Å². The molecule has 0 unspecified atom stereocenters. The van der Waals surface area contributed by atoms with Crippen LogP contribution in [0.1, 0.15) is 41.9 Å². The first-order valence-corrected chi connectivity index (χ1v) is 9.44. The molecule has 2 aliphatic rings. The Hall–Kier alpha value is -3.49. The lowest BCUT2D eigenvalue weighted by Crippen LogP contribution is -2.45. The number of hydrogen-bond donors (Lipinski definition) is 1. The molecule has 1 fully saturated rings. The molecular weight excluding hydrogens is 377 g/mol. The van der Waals surface area contributed by atoms with Crippen LogP contribution in [0, 0.1) is 5.82 Å². The van der Waals surface area contributed by atoms with Gasteiger partial charge in [-0.3, -0.25) is 4.79 Å². The summed E-state index contributed by atoms with van der Waals surface area (Å²) in [6.07, 6.45) is 6.62. The summed E-state index contributed by atoms with van der Waals surface area (Å²) in [7, 11) is 0. The zero-order valence-electron chi connectivity index (χ0n) is 15.3. The highest BCUT2D eigenvalue weighted by Gasteiger charge is 2.57. The van der Waals surface area contributed by atoms with Crippen molar-refractivity contribution in [3.8, 4) is 0 Å². The zero-order valence-corrected chi connectivity index (χ0v) is 15.3. The van der Waals surface area contributed by atoms with Crippen LogP contribution in [0.3, 0.4) is 0 Å².